The Labute approximate surface area is 118 Å². The number of nitrogen functional groups attached to an aromatic ring is 1. The molecule has 0 unspecified atom stereocenters. The number of hydrogen-bond donors (Lipinski definition) is 1. The molecule has 0 aliphatic carbocycles. The average Bonchev–Trinajstić information content (AvgIpc) is 2.89. The average molecular weight is 298 g/mol. The number of benzene rings is 1. The van der Waals surface area contributed by atoms with Gasteiger partial charge in [0, 0.05) is 12.2 Å². The van der Waals surface area contributed by atoms with Gasteiger partial charge in [0.25, 0.3) is 0 Å². The molecular formula is C13H18N2O4S. The summed E-state index contributed by atoms with van der Waals surface area (Å²) < 4.78 is 31.2. The molecule has 110 valence electrons. The maximum Gasteiger partial charge on any atom is 0.324 e. The van der Waals surface area contributed by atoms with E-state index in [0.717, 1.165) is 0 Å². The van der Waals surface area contributed by atoms with Crippen LogP contribution in [0, 0.1) is 0 Å². The molecule has 1 aromatic carbocycles. The van der Waals surface area contributed by atoms with Crippen LogP contribution in [0.4, 0.5) is 5.69 Å². The number of nitrogens with zero attached hydrogens (tertiary/aromatic N) is 1. The highest BCUT2D eigenvalue weighted by atomic mass is 32.2. The fourth-order valence-corrected chi connectivity index (χ4v) is 3.92. The van der Waals surface area contributed by atoms with E-state index in [4.69, 9.17) is 10.5 Å². The van der Waals surface area contributed by atoms with Crippen LogP contribution in [0.25, 0.3) is 0 Å². The number of esters is 1. The first-order valence-electron chi connectivity index (χ1n) is 6.51. The number of carbonyl (C=O) groups excluding carboxylic acids is 1. The quantitative estimate of drug-likeness (QED) is 0.661. The Morgan fingerprint density at radius 3 is 2.65 bits per heavy atom. The molecule has 0 spiro atoms. The molecule has 0 radical (unpaired) electrons. The summed E-state index contributed by atoms with van der Waals surface area (Å²) in [5.74, 6) is -0.482. The third-order valence-electron chi connectivity index (χ3n) is 3.25. The number of hydrogen-bond acceptors (Lipinski definition) is 5. The highest BCUT2D eigenvalue weighted by Crippen LogP contribution is 2.27. The van der Waals surface area contributed by atoms with Gasteiger partial charge in [0.1, 0.15) is 6.04 Å². The summed E-state index contributed by atoms with van der Waals surface area (Å²) >= 11 is 0. The van der Waals surface area contributed by atoms with Crippen LogP contribution >= 0.6 is 0 Å². The smallest absolute Gasteiger partial charge is 0.324 e. The predicted molar refractivity (Wildman–Crippen MR) is 74.4 cm³/mol. The lowest BCUT2D eigenvalue weighted by Crippen LogP contribution is -2.41. The van der Waals surface area contributed by atoms with Gasteiger partial charge in [-0.05, 0) is 44.0 Å². The monoisotopic (exact) mass is 298 g/mol. The lowest BCUT2D eigenvalue weighted by molar-refractivity contribution is -0.146. The largest absolute Gasteiger partial charge is 0.465 e. The molecule has 0 bridgehead atoms. The molecule has 1 aliphatic heterocycles. The summed E-state index contributed by atoms with van der Waals surface area (Å²) in [6.45, 7) is 2.27. The van der Waals surface area contributed by atoms with E-state index in [1.807, 2.05) is 0 Å². The maximum absolute atomic E-state index is 12.5. The number of carbonyl (C=O) groups is 1. The zero-order valence-corrected chi connectivity index (χ0v) is 12.1. The van der Waals surface area contributed by atoms with Crippen molar-refractivity contribution in [2.75, 3.05) is 18.9 Å². The summed E-state index contributed by atoms with van der Waals surface area (Å²) in [6.07, 6.45) is 1.14. The van der Waals surface area contributed by atoms with E-state index in [0.29, 0.717) is 25.1 Å². The third kappa shape index (κ3) is 2.78. The van der Waals surface area contributed by atoms with Crippen molar-refractivity contribution in [3.63, 3.8) is 0 Å². The molecule has 0 aromatic heterocycles. The van der Waals surface area contributed by atoms with E-state index in [2.05, 4.69) is 0 Å². The number of ether oxygens (including phenoxy) is 1. The molecule has 7 heteroatoms. The Morgan fingerprint density at radius 2 is 2.05 bits per heavy atom. The van der Waals surface area contributed by atoms with E-state index >= 15 is 0 Å². The van der Waals surface area contributed by atoms with E-state index in [1.165, 1.54) is 28.6 Å². The summed E-state index contributed by atoms with van der Waals surface area (Å²) in [7, 11) is -3.69. The molecule has 1 aliphatic rings. The zero-order valence-electron chi connectivity index (χ0n) is 11.3. The Hall–Kier alpha value is -1.60. The Bertz CT molecular complexity index is 583. The van der Waals surface area contributed by atoms with Crippen LogP contribution in [-0.4, -0.2) is 37.9 Å². The number of sulfonamides is 1. The second kappa shape index (κ2) is 5.80. The Morgan fingerprint density at radius 1 is 1.40 bits per heavy atom. The molecule has 1 fully saturated rings. The summed E-state index contributed by atoms with van der Waals surface area (Å²) in [4.78, 5) is 12.0. The van der Waals surface area contributed by atoms with Crippen molar-refractivity contribution >= 4 is 21.7 Å². The van der Waals surface area contributed by atoms with Crippen LogP contribution < -0.4 is 5.73 Å². The second-order valence-corrected chi connectivity index (χ2v) is 6.49. The van der Waals surface area contributed by atoms with E-state index < -0.39 is 22.0 Å². The van der Waals surface area contributed by atoms with Crippen LogP contribution in [0.3, 0.4) is 0 Å². The van der Waals surface area contributed by atoms with Gasteiger partial charge in [-0.25, -0.2) is 8.42 Å². The molecule has 6 nitrogen and oxygen atoms in total. The number of rotatable bonds is 4. The normalized spacial score (nSPS) is 19.9. The van der Waals surface area contributed by atoms with Gasteiger partial charge >= 0.3 is 5.97 Å². The van der Waals surface area contributed by atoms with Crippen LogP contribution in [0.2, 0.25) is 0 Å². The molecule has 1 atom stereocenters. The van der Waals surface area contributed by atoms with Gasteiger partial charge in [-0.1, -0.05) is 0 Å². The van der Waals surface area contributed by atoms with Crippen molar-refractivity contribution in [3.05, 3.63) is 24.3 Å². The molecule has 1 saturated heterocycles. The van der Waals surface area contributed by atoms with Crippen LogP contribution in [-0.2, 0) is 19.6 Å². The molecule has 0 amide bonds. The topological polar surface area (TPSA) is 89.7 Å². The lowest BCUT2D eigenvalue weighted by Gasteiger charge is -2.22. The fourth-order valence-electron chi connectivity index (χ4n) is 2.28. The van der Waals surface area contributed by atoms with Gasteiger partial charge in [0.15, 0.2) is 0 Å². The van der Waals surface area contributed by atoms with E-state index in [9.17, 15) is 13.2 Å². The van der Waals surface area contributed by atoms with Gasteiger partial charge in [-0.3, -0.25) is 4.79 Å². The minimum Gasteiger partial charge on any atom is -0.465 e. The van der Waals surface area contributed by atoms with Gasteiger partial charge in [-0.2, -0.15) is 4.31 Å². The molecule has 1 aromatic rings. The van der Waals surface area contributed by atoms with Crippen molar-refractivity contribution in [2.45, 2.75) is 30.7 Å². The minimum atomic E-state index is -3.69. The molecule has 1 heterocycles. The maximum atomic E-state index is 12.5. The summed E-state index contributed by atoms with van der Waals surface area (Å²) in [5, 5.41) is 0. The number of anilines is 1. The van der Waals surface area contributed by atoms with Gasteiger partial charge in [-0.15, -0.1) is 0 Å². The van der Waals surface area contributed by atoms with Crippen LogP contribution in [0.1, 0.15) is 19.8 Å². The lowest BCUT2D eigenvalue weighted by atomic mass is 10.2. The van der Waals surface area contributed by atoms with Gasteiger partial charge in [0.2, 0.25) is 10.0 Å². The van der Waals surface area contributed by atoms with Crippen molar-refractivity contribution in [2.24, 2.45) is 0 Å². The molecular weight excluding hydrogens is 280 g/mol. The van der Waals surface area contributed by atoms with Crippen LogP contribution in [0.15, 0.2) is 29.2 Å². The van der Waals surface area contributed by atoms with E-state index in [-0.39, 0.29) is 11.5 Å². The minimum absolute atomic E-state index is 0.142. The summed E-state index contributed by atoms with van der Waals surface area (Å²) in [5.41, 5.74) is 6.05. The highest BCUT2D eigenvalue weighted by molar-refractivity contribution is 7.89. The van der Waals surface area contributed by atoms with E-state index in [1.54, 1.807) is 6.92 Å². The summed E-state index contributed by atoms with van der Waals surface area (Å²) in [6, 6.07) is 5.23. The standard InChI is InChI=1S/C13H18N2O4S/c1-2-19-13(16)12-4-3-9-15(12)20(17,18)11-7-5-10(14)6-8-11/h5-8,12H,2-4,9,14H2,1H3/t12-/m1/s1. The molecule has 2 rings (SSSR count). The first-order valence-corrected chi connectivity index (χ1v) is 7.95. The third-order valence-corrected chi connectivity index (χ3v) is 5.17. The molecule has 20 heavy (non-hydrogen) atoms. The fraction of sp³-hybridized carbons (Fsp3) is 0.462. The Kier molecular flexibility index (Phi) is 4.29. The van der Waals surface area contributed by atoms with Crippen molar-refractivity contribution < 1.29 is 17.9 Å². The number of nitrogens with two attached hydrogens (primary N) is 1. The van der Waals surface area contributed by atoms with Crippen molar-refractivity contribution in [1.82, 2.24) is 4.31 Å². The predicted octanol–water partition coefficient (Wildman–Crippen LogP) is 0.985. The van der Waals surface area contributed by atoms with Crippen molar-refractivity contribution in [1.29, 1.82) is 0 Å². The first kappa shape index (κ1) is 14.8. The zero-order chi connectivity index (χ0) is 14.8. The van der Waals surface area contributed by atoms with Crippen LogP contribution in [0.5, 0.6) is 0 Å². The highest BCUT2D eigenvalue weighted by Gasteiger charge is 2.40. The second-order valence-electron chi connectivity index (χ2n) is 4.59. The SMILES string of the molecule is CCOC(=O)[C@H]1CCCN1S(=O)(=O)c1ccc(N)cc1. The molecule has 0 saturated carbocycles. The van der Waals surface area contributed by atoms with Gasteiger partial charge in [0.05, 0.1) is 11.5 Å². The van der Waals surface area contributed by atoms with Crippen molar-refractivity contribution in [3.8, 4) is 0 Å². The Balaban J connectivity index is 2.28. The van der Waals surface area contributed by atoms with Gasteiger partial charge < -0.3 is 10.5 Å². The first-order chi connectivity index (χ1) is 9.46. The molecule has 2 N–H and O–H groups in total.